The molecule has 77 heavy (non-hydrogen) atoms. The first-order chi connectivity index (χ1) is 36.4. The van der Waals surface area contributed by atoms with Crippen molar-refractivity contribution in [2.24, 2.45) is 28.9 Å². The average Bonchev–Trinajstić information content (AvgIpc) is 4.02. The van der Waals surface area contributed by atoms with E-state index in [4.69, 9.17) is 40.3 Å². The molecule has 0 bridgehead atoms. The van der Waals surface area contributed by atoms with Gasteiger partial charge in [-0.1, -0.05) is 18.5 Å². The zero-order valence-electron chi connectivity index (χ0n) is 43.9. The summed E-state index contributed by atoms with van der Waals surface area (Å²) >= 11 is 8.91. The molecule has 3 aromatic rings. The van der Waals surface area contributed by atoms with Crippen LogP contribution in [-0.4, -0.2) is 176 Å². The molecule has 3 rings (SSSR count). The highest BCUT2D eigenvalue weighted by atomic mass is 35.5. The monoisotopic (exact) mass is 1160 g/mol. The van der Waals surface area contributed by atoms with Crippen LogP contribution in [0.25, 0.3) is 10.7 Å². The number of nitrogens with one attached hydrogen (secondary N) is 8. The number of anilines is 1. The molecule has 20 N–H and O–H groups in total. The molecule has 0 radical (unpaired) electrons. The van der Waals surface area contributed by atoms with Gasteiger partial charge in [0.05, 0.1) is 41.3 Å². The first-order valence-electron chi connectivity index (χ1n) is 25.0. The first kappa shape index (κ1) is 65.9. The van der Waals surface area contributed by atoms with Gasteiger partial charge in [0.1, 0.15) is 50.2 Å². The number of thiazole rings is 2. The van der Waals surface area contributed by atoms with Gasteiger partial charge in [0.25, 0.3) is 11.8 Å². The van der Waals surface area contributed by atoms with Crippen LogP contribution < -0.4 is 71.2 Å². The molecule has 3 heterocycles. The number of aliphatic hydroxyl groups is 2. The molecule has 9 atom stereocenters. The third-order valence-electron chi connectivity index (χ3n) is 11.8. The summed E-state index contributed by atoms with van der Waals surface area (Å²) in [5.41, 5.74) is 28.5. The van der Waals surface area contributed by atoms with E-state index in [0.717, 1.165) is 51.9 Å². The Morgan fingerprint density at radius 1 is 0.818 bits per heavy atom. The number of nitrogens with zero attached hydrogens (tertiary/aromatic N) is 4. The number of hydrogen-bond donors (Lipinski definition) is 15. The molecule has 7 amide bonds. The van der Waals surface area contributed by atoms with E-state index in [0.29, 0.717) is 33.1 Å². The van der Waals surface area contributed by atoms with Crippen molar-refractivity contribution in [3.63, 3.8) is 0 Å². The molecule has 0 saturated carbocycles. The Balaban J connectivity index is 1.56. The van der Waals surface area contributed by atoms with Crippen LogP contribution in [0.2, 0.25) is 4.34 Å². The van der Waals surface area contributed by atoms with Gasteiger partial charge in [0, 0.05) is 66.2 Å². The lowest BCUT2D eigenvalue weighted by molar-refractivity contribution is -0.136. The summed E-state index contributed by atoms with van der Waals surface area (Å²) in [6.07, 6.45) is 1.95. The van der Waals surface area contributed by atoms with Crippen LogP contribution in [0.3, 0.4) is 0 Å². The maximum atomic E-state index is 13.8. The molecule has 0 aliphatic heterocycles. The summed E-state index contributed by atoms with van der Waals surface area (Å²) in [5, 5.41) is 47.1. The molecule has 0 aliphatic rings. The number of hydrogen-bond acceptors (Lipinski definition) is 22. The summed E-state index contributed by atoms with van der Waals surface area (Å²) < 4.78 is 12.5. The Labute approximate surface area is 462 Å². The van der Waals surface area contributed by atoms with Crippen LogP contribution in [-0.2, 0) is 41.2 Å². The largest absolute Gasteiger partial charge is 0.391 e. The van der Waals surface area contributed by atoms with Crippen LogP contribution in [0.4, 0.5) is 5.82 Å². The van der Waals surface area contributed by atoms with E-state index >= 15 is 0 Å². The number of amides is 7. The third kappa shape index (κ3) is 22.5. The topological polar surface area (TPSA) is 455 Å². The predicted octanol–water partition coefficient (Wildman–Crippen LogP) is -3.06. The second-order valence-electron chi connectivity index (χ2n) is 18.2. The molecule has 0 saturated heterocycles. The first-order valence-corrected chi connectivity index (χ1v) is 28.8. The van der Waals surface area contributed by atoms with E-state index in [-0.39, 0.29) is 66.2 Å². The van der Waals surface area contributed by atoms with Crippen molar-refractivity contribution in [3.05, 3.63) is 37.5 Å². The number of nitrogens with two attached hydrogens (primary N) is 5. The van der Waals surface area contributed by atoms with Gasteiger partial charge in [-0.3, -0.25) is 37.8 Å². The normalized spacial score (nSPS) is 14.9. The molecule has 430 valence electrons. The number of unbranched alkanes of at least 4 members (excludes halogenated alkanes) is 1. The Hall–Kier alpha value is -5.41. The van der Waals surface area contributed by atoms with Crippen molar-refractivity contribution >= 4 is 92.2 Å². The molecule has 31 heteroatoms. The number of nitrogen functional groups attached to an aromatic ring is 1. The molecular formula is C46H76ClN17O10S3. The molecule has 0 spiro atoms. The summed E-state index contributed by atoms with van der Waals surface area (Å²) in [4.78, 5) is 108. The minimum absolute atomic E-state index is 0.0323. The number of aliphatic hydroxyl groups excluding tert-OH is 2. The van der Waals surface area contributed by atoms with Crippen molar-refractivity contribution < 1.29 is 48.0 Å². The van der Waals surface area contributed by atoms with Gasteiger partial charge >= 0.3 is 0 Å². The average molecular weight is 1160 g/mol. The molecular weight excluding hydrogens is 1080 g/mol. The standard InChI is InChI=1S/C46H76ClN17O10S3/c1-23-33(62-40(64-38(23)51)29(20-31(50)66)57-21-27(49)39(52)68)45(73)59-28(11-19-77(5)74)43(71)58-25(3)36(67)24(2)41(69)63-34(26(4)65)44(72)56-18-10-32-61-35(37(47)76-32)46-60-30(22-75-46)42(70)55-17-9-16-54-14-7-6-13-53-15-8-12-48/h22,24-29,34,36,53-54,57,65,67H,6-21,48-49H2,1-5H3,(H2,50,66)(H2,52,68)(H,55,70)(H,56,72)(H,58,71)(H,59,73)(H,63,69)(H2,51,62,64)/t24-,25+,26+,27-,28-,29-,34-,36-,77?/m0/s1. The second-order valence-corrected chi connectivity index (χ2v) is 22.3. The lowest BCUT2D eigenvalue weighted by Gasteiger charge is -2.29. The number of aromatic nitrogens is 4. The summed E-state index contributed by atoms with van der Waals surface area (Å²) in [6.45, 7) is 10.0. The minimum Gasteiger partial charge on any atom is -0.391 e. The highest BCUT2D eigenvalue weighted by Gasteiger charge is 2.34. The van der Waals surface area contributed by atoms with Gasteiger partial charge in [0.15, 0.2) is 0 Å². The Morgan fingerprint density at radius 3 is 2.10 bits per heavy atom. The maximum Gasteiger partial charge on any atom is 0.271 e. The number of halogens is 1. The van der Waals surface area contributed by atoms with Gasteiger partial charge < -0.3 is 81.4 Å². The highest BCUT2D eigenvalue weighted by Crippen LogP contribution is 2.34. The molecule has 1 unspecified atom stereocenters. The predicted molar refractivity (Wildman–Crippen MR) is 295 cm³/mol. The SMILES string of the molecule is Cc1c(N)nc([C@H](CC(N)=O)NC[C@H](N)C(N)=O)nc1C(=O)N[C@@H](CCS(C)=O)C(=O)N[C@H](C)[C@@H](O)[C@H](C)C(=O)N[C@H](C(=O)NCCc1nc(-c2nc(C(=O)NCCCNCCCCNCCCN)cs2)c(Cl)s1)[C@@H](C)O. The van der Waals surface area contributed by atoms with Gasteiger partial charge in [-0.15, -0.1) is 22.7 Å². The van der Waals surface area contributed by atoms with Crippen LogP contribution >= 0.6 is 34.3 Å². The molecule has 0 aliphatic carbocycles. The quantitative estimate of drug-likeness (QED) is 0.0255. The Morgan fingerprint density at radius 2 is 1.48 bits per heavy atom. The minimum atomic E-state index is -1.57. The van der Waals surface area contributed by atoms with Crippen LogP contribution in [0.5, 0.6) is 0 Å². The van der Waals surface area contributed by atoms with E-state index in [1.165, 1.54) is 56.6 Å². The van der Waals surface area contributed by atoms with Crippen molar-refractivity contribution in [2.75, 3.05) is 70.1 Å². The maximum absolute atomic E-state index is 13.8. The van der Waals surface area contributed by atoms with Gasteiger partial charge in [0.2, 0.25) is 29.5 Å². The molecule has 0 aromatic carbocycles. The summed E-state index contributed by atoms with van der Waals surface area (Å²) in [7, 11) is -1.42. The van der Waals surface area contributed by atoms with E-state index in [1.54, 1.807) is 5.38 Å². The lowest BCUT2D eigenvalue weighted by Crippen LogP contribution is -2.57. The fourth-order valence-corrected chi connectivity index (χ4v) is 9.84. The smallest absolute Gasteiger partial charge is 0.271 e. The van der Waals surface area contributed by atoms with Crippen molar-refractivity contribution in [1.29, 1.82) is 0 Å². The lowest BCUT2D eigenvalue weighted by atomic mass is 9.96. The van der Waals surface area contributed by atoms with Crippen LogP contribution in [0.1, 0.15) is 103 Å². The zero-order chi connectivity index (χ0) is 57.4. The molecule has 3 aromatic heterocycles. The Kier molecular flexibility index (Phi) is 28.9. The summed E-state index contributed by atoms with van der Waals surface area (Å²) in [6, 6.07) is -6.20. The number of primary amides is 2. The number of carbonyl (C=O) groups is 7. The van der Waals surface area contributed by atoms with Gasteiger partial charge in [-0.25, -0.2) is 19.9 Å². The van der Waals surface area contributed by atoms with Crippen LogP contribution in [0.15, 0.2) is 5.38 Å². The van der Waals surface area contributed by atoms with Crippen molar-refractivity contribution in [1.82, 2.24) is 62.5 Å². The Bertz CT molecular complexity index is 2470. The second kappa shape index (κ2) is 33.8. The summed E-state index contributed by atoms with van der Waals surface area (Å²) in [5.74, 6) is -6.90. The molecule has 0 fully saturated rings. The number of rotatable bonds is 37. The fraction of sp³-hybridized carbons (Fsp3) is 0.630. The van der Waals surface area contributed by atoms with Gasteiger partial charge in [-0.2, -0.15) is 0 Å². The molecule has 27 nitrogen and oxygen atoms in total. The van der Waals surface area contributed by atoms with E-state index < -0.39 is 101 Å². The van der Waals surface area contributed by atoms with Crippen LogP contribution in [0, 0.1) is 12.8 Å². The third-order valence-corrected chi connectivity index (χ3v) is 14.8. The zero-order valence-corrected chi connectivity index (χ0v) is 47.2. The van der Waals surface area contributed by atoms with E-state index in [2.05, 4.69) is 62.5 Å². The fourth-order valence-electron chi connectivity index (χ4n) is 7.18. The highest BCUT2D eigenvalue weighted by molar-refractivity contribution is 7.84. The van der Waals surface area contributed by atoms with Crippen molar-refractivity contribution in [2.45, 2.75) is 115 Å². The van der Waals surface area contributed by atoms with Crippen molar-refractivity contribution in [3.8, 4) is 10.7 Å². The van der Waals surface area contributed by atoms with Gasteiger partial charge in [-0.05, 0) is 85.6 Å². The van der Waals surface area contributed by atoms with E-state index in [1.807, 2.05) is 0 Å². The van der Waals surface area contributed by atoms with E-state index in [9.17, 15) is 48.0 Å². The number of carbonyl (C=O) groups excluding carboxylic acids is 7.